The Kier molecular flexibility index (Phi) is 5.42. The van der Waals surface area contributed by atoms with Crippen LogP contribution in [0.25, 0.3) is 0 Å². The van der Waals surface area contributed by atoms with Crippen molar-refractivity contribution in [1.29, 1.82) is 0 Å². The molecule has 2 rings (SSSR count). The lowest BCUT2D eigenvalue weighted by Gasteiger charge is -2.07. The average Bonchev–Trinajstić information content (AvgIpc) is 2.71. The molecule has 1 aromatic carbocycles. The smallest absolute Gasteiger partial charge is 0.251 e. The summed E-state index contributed by atoms with van der Waals surface area (Å²) in [6.45, 7) is 5.38. The molecule has 112 valence electrons. The first-order valence-electron chi connectivity index (χ1n) is 6.72. The summed E-state index contributed by atoms with van der Waals surface area (Å²) in [5.74, 6) is -0.0822. The van der Waals surface area contributed by atoms with Crippen molar-refractivity contribution in [2.75, 3.05) is 6.54 Å². The molecule has 0 aliphatic rings. The Balaban J connectivity index is 1.80. The van der Waals surface area contributed by atoms with Gasteiger partial charge < -0.3 is 5.32 Å². The van der Waals surface area contributed by atoms with E-state index in [9.17, 15) is 4.79 Å². The maximum Gasteiger partial charge on any atom is 0.251 e. The summed E-state index contributed by atoms with van der Waals surface area (Å²) in [5.41, 5.74) is 2.71. The summed E-state index contributed by atoms with van der Waals surface area (Å²) in [5, 5.41) is 7.96. The van der Waals surface area contributed by atoms with E-state index in [1.54, 1.807) is 24.3 Å². The summed E-state index contributed by atoms with van der Waals surface area (Å²) < 4.78 is 3.00. The number of benzene rings is 1. The second kappa shape index (κ2) is 7.09. The highest BCUT2D eigenvalue weighted by Crippen LogP contribution is 2.19. The molecule has 0 saturated carbocycles. The van der Waals surface area contributed by atoms with Crippen LogP contribution in [-0.4, -0.2) is 22.2 Å². The van der Waals surface area contributed by atoms with Gasteiger partial charge in [0.05, 0.1) is 10.2 Å². The van der Waals surface area contributed by atoms with Gasteiger partial charge in [0.25, 0.3) is 5.91 Å². The van der Waals surface area contributed by atoms with Crippen LogP contribution in [0, 0.1) is 13.8 Å². The highest BCUT2D eigenvalue weighted by atomic mass is 79.9. The predicted molar refractivity (Wildman–Crippen MR) is 87.8 cm³/mol. The summed E-state index contributed by atoms with van der Waals surface area (Å²) in [4.78, 5) is 11.9. The molecule has 6 heteroatoms. The van der Waals surface area contributed by atoms with Crippen molar-refractivity contribution in [3.63, 3.8) is 0 Å². The Bertz CT molecular complexity index is 637. The number of amides is 1. The molecule has 1 N–H and O–H groups in total. The Morgan fingerprint density at radius 3 is 2.57 bits per heavy atom. The van der Waals surface area contributed by atoms with Crippen LogP contribution < -0.4 is 5.32 Å². The summed E-state index contributed by atoms with van der Waals surface area (Å²) >= 11 is 9.30. The fourth-order valence-corrected chi connectivity index (χ4v) is 2.44. The molecular weight excluding hydrogens is 354 g/mol. The third-order valence-electron chi connectivity index (χ3n) is 3.23. The largest absolute Gasteiger partial charge is 0.352 e. The van der Waals surface area contributed by atoms with Crippen LogP contribution in [0.1, 0.15) is 28.2 Å². The summed E-state index contributed by atoms with van der Waals surface area (Å²) in [6, 6.07) is 6.86. The van der Waals surface area contributed by atoms with Gasteiger partial charge in [-0.25, -0.2) is 0 Å². The number of aryl methyl sites for hydroxylation is 2. The van der Waals surface area contributed by atoms with E-state index in [0.717, 1.165) is 28.8 Å². The molecule has 0 radical (unpaired) electrons. The first-order chi connectivity index (χ1) is 9.99. The number of carbonyl (C=O) groups is 1. The van der Waals surface area contributed by atoms with E-state index >= 15 is 0 Å². The number of nitrogens with zero attached hydrogens (tertiary/aromatic N) is 2. The average molecular weight is 371 g/mol. The van der Waals surface area contributed by atoms with Gasteiger partial charge in [0.2, 0.25) is 0 Å². The molecule has 2 aromatic rings. The molecule has 4 nitrogen and oxygen atoms in total. The minimum absolute atomic E-state index is 0.0822. The zero-order valence-electron chi connectivity index (χ0n) is 12.0. The van der Waals surface area contributed by atoms with Crippen LogP contribution in [-0.2, 0) is 6.54 Å². The molecule has 0 spiro atoms. The number of nitrogens with one attached hydrogen (secondary N) is 1. The van der Waals surface area contributed by atoms with Crippen LogP contribution in [0.4, 0.5) is 0 Å². The van der Waals surface area contributed by atoms with Crippen molar-refractivity contribution in [2.45, 2.75) is 26.8 Å². The van der Waals surface area contributed by atoms with Crippen LogP contribution in [0.2, 0.25) is 5.02 Å². The number of halogens is 2. The van der Waals surface area contributed by atoms with E-state index in [1.807, 2.05) is 18.5 Å². The Hall–Kier alpha value is -1.33. The maximum absolute atomic E-state index is 11.9. The number of carbonyl (C=O) groups excluding carboxylic acids is 1. The van der Waals surface area contributed by atoms with Crippen LogP contribution in [0.15, 0.2) is 28.7 Å². The van der Waals surface area contributed by atoms with Crippen molar-refractivity contribution < 1.29 is 4.79 Å². The van der Waals surface area contributed by atoms with Gasteiger partial charge in [-0.3, -0.25) is 9.48 Å². The molecule has 0 bridgehead atoms. The Morgan fingerprint density at radius 1 is 1.33 bits per heavy atom. The monoisotopic (exact) mass is 369 g/mol. The van der Waals surface area contributed by atoms with Gasteiger partial charge in [-0.05, 0) is 60.5 Å². The second-order valence-corrected chi connectivity index (χ2v) is 6.05. The minimum Gasteiger partial charge on any atom is -0.352 e. The van der Waals surface area contributed by atoms with Crippen molar-refractivity contribution in [1.82, 2.24) is 15.1 Å². The normalized spacial score (nSPS) is 10.7. The van der Waals surface area contributed by atoms with E-state index in [4.69, 9.17) is 11.6 Å². The highest BCUT2D eigenvalue weighted by molar-refractivity contribution is 9.10. The number of hydrogen-bond acceptors (Lipinski definition) is 2. The van der Waals surface area contributed by atoms with Gasteiger partial charge >= 0.3 is 0 Å². The maximum atomic E-state index is 11.9. The van der Waals surface area contributed by atoms with Gasteiger partial charge in [0.1, 0.15) is 0 Å². The van der Waals surface area contributed by atoms with Gasteiger partial charge in [-0.1, -0.05) is 11.6 Å². The molecule has 1 aromatic heterocycles. The van der Waals surface area contributed by atoms with Gasteiger partial charge in [-0.15, -0.1) is 0 Å². The first kappa shape index (κ1) is 16.0. The Morgan fingerprint density at radius 2 is 2.00 bits per heavy atom. The molecule has 1 amide bonds. The fraction of sp³-hybridized carbons (Fsp3) is 0.333. The van der Waals surface area contributed by atoms with Gasteiger partial charge in [-0.2, -0.15) is 5.10 Å². The molecule has 0 atom stereocenters. The molecule has 1 heterocycles. The quantitative estimate of drug-likeness (QED) is 0.815. The van der Waals surface area contributed by atoms with Gasteiger partial charge in [0.15, 0.2) is 0 Å². The van der Waals surface area contributed by atoms with E-state index in [-0.39, 0.29) is 5.91 Å². The molecule has 0 aliphatic heterocycles. The highest BCUT2D eigenvalue weighted by Gasteiger charge is 2.08. The number of rotatable bonds is 5. The van der Waals surface area contributed by atoms with Crippen molar-refractivity contribution >= 4 is 33.4 Å². The van der Waals surface area contributed by atoms with Crippen molar-refractivity contribution in [2.24, 2.45) is 0 Å². The molecule has 21 heavy (non-hydrogen) atoms. The number of hydrogen-bond donors (Lipinski definition) is 1. The third kappa shape index (κ3) is 4.08. The van der Waals surface area contributed by atoms with E-state index in [0.29, 0.717) is 17.1 Å². The lowest BCUT2D eigenvalue weighted by atomic mass is 10.2. The predicted octanol–water partition coefficient (Wildman–Crippen LogP) is 3.74. The summed E-state index contributed by atoms with van der Waals surface area (Å²) in [7, 11) is 0. The zero-order chi connectivity index (χ0) is 15.4. The van der Waals surface area contributed by atoms with Crippen molar-refractivity contribution in [3.8, 4) is 0 Å². The topological polar surface area (TPSA) is 46.9 Å². The summed E-state index contributed by atoms with van der Waals surface area (Å²) in [6.07, 6.45) is 0.827. The van der Waals surface area contributed by atoms with Crippen molar-refractivity contribution in [3.05, 3.63) is 50.7 Å². The van der Waals surface area contributed by atoms with Crippen LogP contribution in [0.5, 0.6) is 0 Å². The van der Waals surface area contributed by atoms with Crippen LogP contribution >= 0.6 is 27.5 Å². The minimum atomic E-state index is -0.0822. The lowest BCUT2D eigenvalue weighted by Crippen LogP contribution is -2.25. The lowest BCUT2D eigenvalue weighted by molar-refractivity contribution is 0.0952. The van der Waals surface area contributed by atoms with Gasteiger partial charge in [0, 0.05) is 29.4 Å². The first-order valence-corrected chi connectivity index (χ1v) is 7.89. The fourth-order valence-electron chi connectivity index (χ4n) is 2.03. The molecule has 0 unspecified atom stereocenters. The molecule has 0 aliphatic carbocycles. The van der Waals surface area contributed by atoms with Crippen LogP contribution in [0.3, 0.4) is 0 Å². The van der Waals surface area contributed by atoms with E-state index < -0.39 is 0 Å². The standard InChI is InChI=1S/C15H17BrClN3O/c1-10-14(16)11(2)20(19-10)9-3-8-18-15(21)12-4-6-13(17)7-5-12/h4-7H,3,8-9H2,1-2H3,(H,18,21). The molecular formula is C15H17BrClN3O. The van der Waals surface area contributed by atoms with E-state index in [1.165, 1.54) is 0 Å². The molecule has 0 fully saturated rings. The molecule has 0 saturated heterocycles. The zero-order valence-corrected chi connectivity index (χ0v) is 14.3. The SMILES string of the molecule is Cc1nn(CCCNC(=O)c2ccc(Cl)cc2)c(C)c1Br. The number of aromatic nitrogens is 2. The third-order valence-corrected chi connectivity index (χ3v) is 4.63. The van der Waals surface area contributed by atoms with E-state index in [2.05, 4.69) is 26.3 Å². The second-order valence-electron chi connectivity index (χ2n) is 4.82. The Labute approximate surface area is 137 Å².